The van der Waals surface area contributed by atoms with Crippen LogP contribution in [-0.2, 0) is 19.1 Å². The molecule has 2 atom stereocenters. The highest BCUT2D eigenvalue weighted by atomic mass is 16.5. The van der Waals surface area contributed by atoms with Crippen LogP contribution in [0.1, 0.15) is 38.2 Å². The van der Waals surface area contributed by atoms with Gasteiger partial charge in [0.2, 0.25) is 0 Å². The maximum Gasteiger partial charge on any atom is 0.323 e. The second-order valence-corrected chi connectivity index (χ2v) is 6.79. The molecule has 0 aliphatic heterocycles. The number of hydrogen-bond acceptors (Lipinski definition) is 4. The second kappa shape index (κ2) is 8.84. The lowest BCUT2D eigenvalue weighted by Crippen LogP contribution is -2.39. The average molecular weight is 356 g/mol. The van der Waals surface area contributed by atoms with Crippen LogP contribution in [0.4, 0.5) is 0 Å². The molecule has 4 heteroatoms. The van der Waals surface area contributed by atoms with E-state index >= 15 is 0 Å². The van der Waals surface area contributed by atoms with Gasteiger partial charge in [-0.3, -0.25) is 9.59 Å². The summed E-state index contributed by atoms with van der Waals surface area (Å²) in [6, 6.07) is 10.1. The second-order valence-electron chi connectivity index (χ2n) is 6.79. The molecule has 1 aliphatic carbocycles. The Balaban J connectivity index is 2.49. The Morgan fingerprint density at radius 1 is 1.15 bits per heavy atom. The molecule has 1 aromatic rings. The third-order valence-corrected chi connectivity index (χ3v) is 5.28. The predicted octanol–water partition coefficient (Wildman–Crippen LogP) is 4.41. The molecule has 0 amide bonds. The number of hydrogen-bond donors (Lipinski definition) is 0. The average Bonchev–Trinajstić information content (AvgIpc) is 3.08. The smallest absolute Gasteiger partial charge is 0.323 e. The van der Waals surface area contributed by atoms with Crippen LogP contribution < -0.4 is 0 Å². The van der Waals surface area contributed by atoms with Crippen LogP contribution in [0.3, 0.4) is 0 Å². The molecular weight excluding hydrogens is 328 g/mol. The van der Waals surface area contributed by atoms with Crippen molar-refractivity contribution in [2.45, 2.75) is 32.6 Å². The van der Waals surface area contributed by atoms with Crippen LogP contribution >= 0.6 is 0 Å². The van der Waals surface area contributed by atoms with E-state index < -0.39 is 17.4 Å². The highest BCUT2D eigenvalue weighted by Crippen LogP contribution is 2.52. The molecular formula is C22H28O4. The molecule has 1 aliphatic rings. The summed E-state index contributed by atoms with van der Waals surface area (Å²) in [6.45, 7) is 6.08. The molecule has 140 valence electrons. The van der Waals surface area contributed by atoms with Crippen LogP contribution in [-0.4, -0.2) is 26.2 Å². The molecule has 0 bridgehead atoms. The first kappa shape index (κ1) is 20.0. The minimum Gasteiger partial charge on any atom is -0.468 e. The highest BCUT2D eigenvalue weighted by Gasteiger charge is 2.57. The van der Waals surface area contributed by atoms with Crippen molar-refractivity contribution in [3.63, 3.8) is 0 Å². The maximum atomic E-state index is 12.5. The minimum atomic E-state index is -1.27. The first-order valence-electron chi connectivity index (χ1n) is 9.08. The summed E-state index contributed by atoms with van der Waals surface area (Å²) in [7, 11) is 2.63. The van der Waals surface area contributed by atoms with Crippen molar-refractivity contribution in [1.29, 1.82) is 0 Å². The molecule has 0 spiro atoms. The largest absolute Gasteiger partial charge is 0.468 e. The van der Waals surface area contributed by atoms with E-state index in [1.165, 1.54) is 14.2 Å². The number of ether oxygens (including phenoxy) is 2. The first-order valence-corrected chi connectivity index (χ1v) is 9.08. The molecule has 1 aromatic carbocycles. The van der Waals surface area contributed by atoms with E-state index in [1.807, 2.05) is 24.3 Å². The number of unbranched alkanes of at least 4 members (excludes halogenated alkanes) is 1. The SMILES string of the molecule is C=C[C@H]1CC(C(=O)OC)(C(=O)OC)C[C@H]1/C(=C\CCC)c1ccccc1. The number of carbonyl (C=O) groups is 2. The zero-order valence-corrected chi connectivity index (χ0v) is 15.9. The van der Waals surface area contributed by atoms with Crippen LogP contribution in [0, 0.1) is 17.3 Å². The van der Waals surface area contributed by atoms with Crippen LogP contribution in [0.15, 0.2) is 49.1 Å². The van der Waals surface area contributed by atoms with Gasteiger partial charge in [-0.1, -0.05) is 55.8 Å². The Hall–Kier alpha value is -2.36. The van der Waals surface area contributed by atoms with Gasteiger partial charge in [0.05, 0.1) is 14.2 Å². The van der Waals surface area contributed by atoms with E-state index in [-0.39, 0.29) is 11.8 Å². The van der Waals surface area contributed by atoms with Crippen molar-refractivity contribution in [3.8, 4) is 0 Å². The van der Waals surface area contributed by atoms with Gasteiger partial charge in [0, 0.05) is 0 Å². The number of rotatable bonds is 7. The minimum absolute atomic E-state index is 0.00323. The van der Waals surface area contributed by atoms with E-state index in [4.69, 9.17) is 9.47 Å². The fourth-order valence-corrected chi connectivity index (χ4v) is 3.96. The molecule has 0 unspecified atom stereocenters. The zero-order chi connectivity index (χ0) is 19.2. The predicted molar refractivity (Wildman–Crippen MR) is 102 cm³/mol. The molecule has 1 saturated carbocycles. The molecule has 0 N–H and O–H groups in total. The molecule has 2 rings (SSSR count). The lowest BCUT2D eigenvalue weighted by molar-refractivity contribution is -0.168. The number of methoxy groups -OCH3 is 2. The Morgan fingerprint density at radius 3 is 2.27 bits per heavy atom. The van der Waals surface area contributed by atoms with Gasteiger partial charge >= 0.3 is 11.9 Å². The van der Waals surface area contributed by atoms with E-state index in [0.29, 0.717) is 12.8 Å². The molecule has 0 radical (unpaired) electrons. The molecule has 0 aromatic heterocycles. The third kappa shape index (κ3) is 3.74. The molecule has 26 heavy (non-hydrogen) atoms. The van der Waals surface area contributed by atoms with Gasteiger partial charge in [0.15, 0.2) is 5.41 Å². The van der Waals surface area contributed by atoms with E-state index in [0.717, 1.165) is 24.0 Å². The monoisotopic (exact) mass is 356 g/mol. The van der Waals surface area contributed by atoms with E-state index in [1.54, 1.807) is 0 Å². The van der Waals surface area contributed by atoms with Gasteiger partial charge in [-0.05, 0) is 42.2 Å². The summed E-state index contributed by atoms with van der Waals surface area (Å²) < 4.78 is 9.95. The number of carbonyl (C=O) groups excluding carboxylic acids is 2. The summed E-state index contributed by atoms with van der Waals surface area (Å²) in [6.07, 6.45) is 6.77. The Bertz CT molecular complexity index is 659. The molecule has 0 heterocycles. The number of allylic oxidation sites excluding steroid dienone is 3. The summed E-state index contributed by atoms with van der Waals surface area (Å²) >= 11 is 0. The Kier molecular flexibility index (Phi) is 6.78. The third-order valence-electron chi connectivity index (χ3n) is 5.28. The quantitative estimate of drug-likeness (QED) is 0.412. The fourth-order valence-electron chi connectivity index (χ4n) is 3.96. The Morgan fingerprint density at radius 2 is 1.77 bits per heavy atom. The molecule has 1 fully saturated rings. The van der Waals surface area contributed by atoms with Gasteiger partial charge in [0.1, 0.15) is 0 Å². The fraction of sp³-hybridized carbons (Fsp3) is 0.455. The van der Waals surface area contributed by atoms with Crippen molar-refractivity contribution in [2.75, 3.05) is 14.2 Å². The first-order chi connectivity index (χ1) is 12.5. The highest BCUT2D eigenvalue weighted by molar-refractivity contribution is 6.01. The van der Waals surface area contributed by atoms with Gasteiger partial charge in [-0.25, -0.2) is 0 Å². The van der Waals surface area contributed by atoms with Crippen molar-refractivity contribution in [1.82, 2.24) is 0 Å². The van der Waals surface area contributed by atoms with E-state index in [2.05, 4.69) is 31.7 Å². The summed E-state index contributed by atoms with van der Waals surface area (Å²) in [5.74, 6) is -1.04. The maximum absolute atomic E-state index is 12.5. The molecule has 0 saturated heterocycles. The van der Waals surface area contributed by atoms with Crippen molar-refractivity contribution >= 4 is 17.5 Å². The van der Waals surface area contributed by atoms with Crippen LogP contribution in [0.25, 0.3) is 5.57 Å². The van der Waals surface area contributed by atoms with Crippen LogP contribution in [0.5, 0.6) is 0 Å². The van der Waals surface area contributed by atoms with Gasteiger partial charge < -0.3 is 9.47 Å². The zero-order valence-electron chi connectivity index (χ0n) is 15.9. The normalized spacial score (nSPS) is 21.9. The van der Waals surface area contributed by atoms with E-state index in [9.17, 15) is 9.59 Å². The Labute approximate surface area is 155 Å². The van der Waals surface area contributed by atoms with Crippen LogP contribution in [0.2, 0.25) is 0 Å². The summed E-state index contributed by atoms with van der Waals surface area (Å²) in [5.41, 5.74) is 1.00. The number of benzene rings is 1. The lowest BCUT2D eigenvalue weighted by atomic mass is 9.82. The van der Waals surface area contributed by atoms with Crippen molar-refractivity contribution < 1.29 is 19.1 Å². The summed E-state index contributed by atoms with van der Waals surface area (Å²) in [5, 5.41) is 0. The molecule has 4 nitrogen and oxygen atoms in total. The number of esters is 2. The summed E-state index contributed by atoms with van der Waals surface area (Å²) in [4.78, 5) is 25.1. The standard InChI is InChI=1S/C22H28O4/c1-5-7-13-18(17-11-9-8-10-12-17)19-15-22(20(23)25-3,21(24)26-4)14-16(19)6-2/h6,8-13,16,19H,2,5,7,14-15H2,1,3-4H3/b18-13-/t16-,19+/m0/s1. The van der Waals surface area contributed by atoms with Crippen molar-refractivity contribution in [3.05, 3.63) is 54.6 Å². The lowest BCUT2D eigenvalue weighted by Gasteiger charge is -2.24. The van der Waals surface area contributed by atoms with Crippen molar-refractivity contribution in [2.24, 2.45) is 17.3 Å². The van der Waals surface area contributed by atoms with Gasteiger partial charge in [-0.2, -0.15) is 0 Å². The van der Waals surface area contributed by atoms with Gasteiger partial charge in [0.25, 0.3) is 0 Å². The topological polar surface area (TPSA) is 52.6 Å². The van der Waals surface area contributed by atoms with Gasteiger partial charge in [-0.15, -0.1) is 6.58 Å².